The van der Waals surface area contributed by atoms with Gasteiger partial charge >= 0.3 is 5.97 Å². The second kappa shape index (κ2) is 5.63. The first kappa shape index (κ1) is 18.0. The Bertz CT molecular complexity index is 461. The van der Waals surface area contributed by atoms with Gasteiger partial charge in [-0.05, 0) is 0 Å². The summed E-state index contributed by atoms with van der Waals surface area (Å²) >= 11 is 1.53. The van der Waals surface area contributed by atoms with E-state index in [4.69, 9.17) is 0 Å². The van der Waals surface area contributed by atoms with Crippen molar-refractivity contribution in [2.45, 2.75) is 64.6 Å². The minimum Gasteiger partial charge on any atom is -0.479 e. The number of aliphatic carboxylic acids is 1. The molecule has 21 heavy (non-hydrogen) atoms. The molecule has 0 aromatic carbocycles. The van der Waals surface area contributed by atoms with Crippen molar-refractivity contribution in [3.63, 3.8) is 0 Å². The van der Waals surface area contributed by atoms with Crippen molar-refractivity contribution in [1.82, 2.24) is 4.90 Å². The summed E-state index contributed by atoms with van der Waals surface area (Å²) in [6, 6.07) is -1.39. The van der Waals surface area contributed by atoms with Crippen molar-refractivity contribution in [3.05, 3.63) is 0 Å². The molecule has 1 aliphatic heterocycles. The highest BCUT2D eigenvalue weighted by molar-refractivity contribution is 8.01. The minimum atomic E-state index is -1.39. The number of carbonyl (C=O) groups excluding carboxylic acids is 2. The zero-order valence-electron chi connectivity index (χ0n) is 13.8. The van der Waals surface area contributed by atoms with Crippen LogP contribution in [0.5, 0.6) is 0 Å². The fraction of sp³-hybridized carbons (Fsp3) is 0.800. The van der Waals surface area contributed by atoms with Crippen LogP contribution < -0.4 is 0 Å². The van der Waals surface area contributed by atoms with E-state index >= 15 is 0 Å². The molecule has 1 aliphatic rings. The van der Waals surface area contributed by atoms with E-state index in [0.29, 0.717) is 0 Å². The summed E-state index contributed by atoms with van der Waals surface area (Å²) in [6.45, 7) is 12.8. The maximum Gasteiger partial charge on any atom is 0.334 e. The molecule has 120 valence electrons. The number of carboxylic acids is 1. The Hall–Kier alpha value is -1.04. The highest BCUT2D eigenvalue weighted by atomic mass is 32.2. The zero-order chi connectivity index (χ0) is 16.7. The van der Waals surface area contributed by atoms with Crippen LogP contribution >= 0.6 is 11.8 Å². The number of carboxylic acid groups (broad SMARTS) is 1. The number of amides is 1. The summed E-state index contributed by atoms with van der Waals surface area (Å²) in [5.74, 6) is -2.21. The zero-order valence-corrected chi connectivity index (χ0v) is 14.6. The normalized spacial score (nSPS) is 24.5. The predicted molar refractivity (Wildman–Crippen MR) is 83.0 cm³/mol. The van der Waals surface area contributed by atoms with Gasteiger partial charge in [-0.15, -0.1) is 11.8 Å². The summed E-state index contributed by atoms with van der Waals surface area (Å²) in [7, 11) is 0. The van der Waals surface area contributed by atoms with Gasteiger partial charge in [-0.3, -0.25) is 9.59 Å². The molecule has 0 spiro atoms. The second-order valence-corrected chi connectivity index (χ2v) is 9.45. The maximum absolute atomic E-state index is 12.4. The van der Waals surface area contributed by atoms with E-state index in [0.717, 1.165) is 0 Å². The van der Waals surface area contributed by atoms with E-state index in [1.54, 1.807) is 27.7 Å². The van der Waals surface area contributed by atoms with Crippen LogP contribution in [0.3, 0.4) is 0 Å². The van der Waals surface area contributed by atoms with Crippen molar-refractivity contribution in [1.29, 1.82) is 0 Å². The van der Waals surface area contributed by atoms with Gasteiger partial charge in [-0.2, -0.15) is 0 Å². The quantitative estimate of drug-likeness (QED) is 0.637. The number of β-lactam (4-membered cyclic amide) rings is 1. The van der Waals surface area contributed by atoms with Crippen LogP contribution in [0.15, 0.2) is 0 Å². The third-order valence-electron chi connectivity index (χ3n) is 3.32. The molecule has 0 saturated carbocycles. The van der Waals surface area contributed by atoms with Crippen LogP contribution in [0.4, 0.5) is 0 Å². The van der Waals surface area contributed by atoms with E-state index in [1.165, 1.54) is 16.7 Å². The van der Waals surface area contributed by atoms with Gasteiger partial charge < -0.3 is 10.0 Å². The largest absolute Gasteiger partial charge is 0.479 e. The summed E-state index contributed by atoms with van der Waals surface area (Å²) in [4.78, 5) is 37.4. The first-order valence-corrected chi connectivity index (χ1v) is 7.92. The van der Waals surface area contributed by atoms with E-state index < -0.39 is 23.2 Å². The minimum absolute atomic E-state index is 0.119. The summed E-state index contributed by atoms with van der Waals surface area (Å²) < 4.78 is -0.119. The third-order valence-corrected chi connectivity index (χ3v) is 4.90. The molecule has 6 heteroatoms. The Morgan fingerprint density at radius 3 is 2.00 bits per heavy atom. The number of likely N-dealkylation sites (tertiary alicyclic amines) is 1. The highest BCUT2D eigenvalue weighted by Gasteiger charge is 2.54. The molecule has 0 aromatic heterocycles. The van der Waals surface area contributed by atoms with E-state index in [9.17, 15) is 19.5 Å². The van der Waals surface area contributed by atoms with Gasteiger partial charge in [0.15, 0.2) is 11.8 Å². The van der Waals surface area contributed by atoms with E-state index in [1.807, 2.05) is 20.8 Å². The standard InChI is InChI=1S/C15H25NO4S/c1-8-11(18)16(12(8)21-15(5,6)7)9(13(19)20)10(17)14(2,3)4/h8-9,12H,1-7H3,(H,19,20). The fourth-order valence-corrected chi connectivity index (χ4v) is 3.59. The predicted octanol–water partition coefficient (Wildman–Crippen LogP) is 2.39. The highest BCUT2D eigenvalue weighted by Crippen LogP contribution is 2.43. The van der Waals surface area contributed by atoms with Crippen molar-refractivity contribution in [3.8, 4) is 0 Å². The Morgan fingerprint density at radius 1 is 1.19 bits per heavy atom. The molecule has 0 bridgehead atoms. The van der Waals surface area contributed by atoms with Gasteiger partial charge in [-0.1, -0.05) is 48.5 Å². The summed E-state index contributed by atoms with van der Waals surface area (Å²) in [5.41, 5.74) is -0.806. The van der Waals surface area contributed by atoms with Gasteiger partial charge in [0.25, 0.3) is 0 Å². The van der Waals surface area contributed by atoms with Gasteiger partial charge in [-0.25, -0.2) is 4.79 Å². The molecular weight excluding hydrogens is 290 g/mol. The molecule has 1 rings (SSSR count). The van der Waals surface area contributed by atoms with Gasteiger partial charge in [0.05, 0.1) is 11.3 Å². The lowest BCUT2D eigenvalue weighted by Gasteiger charge is -2.50. The van der Waals surface area contributed by atoms with Crippen LogP contribution in [0.2, 0.25) is 0 Å². The maximum atomic E-state index is 12.4. The lowest BCUT2D eigenvalue weighted by atomic mass is 9.83. The van der Waals surface area contributed by atoms with Crippen molar-refractivity contribution >= 4 is 29.4 Å². The van der Waals surface area contributed by atoms with E-state index in [2.05, 4.69) is 0 Å². The molecule has 0 radical (unpaired) electrons. The lowest BCUT2D eigenvalue weighted by molar-refractivity contribution is -0.168. The van der Waals surface area contributed by atoms with Crippen LogP contribution in [-0.2, 0) is 14.4 Å². The number of rotatable bonds is 4. The van der Waals surface area contributed by atoms with E-state index in [-0.39, 0.29) is 21.9 Å². The van der Waals surface area contributed by atoms with Crippen molar-refractivity contribution in [2.75, 3.05) is 0 Å². The molecule has 1 N–H and O–H groups in total. The molecule has 1 saturated heterocycles. The molecule has 0 aromatic rings. The first-order chi connectivity index (χ1) is 9.27. The number of hydrogen-bond donors (Lipinski definition) is 1. The Labute approximate surface area is 130 Å². The number of ketones is 1. The first-order valence-electron chi connectivity index (χ1n) is 7.04. The van der Waals surface area contributed by atoms with Gasteiger partial charge in [0.1, 0.15) is 0 Å². The molecule has 1 amide bonds. The topological polar surface area (TPSA) is 74.7 Å². The van der Waals surface area contributed by atoms with Crippen molar-refractivity contribution < 1.29 is 19.5 Å². The average Bonchev–Trinajstić information content (AvgIpc) is 2.29. The fourth-order valence-electron chi connectivity index (χ4n) is 2.20. The smallest absolute Gasteiger partial charge is 0.334 e. The number of nitrogens with zero attached hydrogens (tertiary/aromatic N) is 1. The second-order valence-electron chi connectivity index (χ2n) is 7.51. The molecular formula is C15H25NO4S. The lowest BCUT2D eigenvalue weighted by Crippen LogP contribution is -2.67. The number of Topliss-reactive ketones (excluding diaryl/α,β-unsaturated/α-hetero) is 1. The van der Waals surface area contributed by atoms with Crippen molar-refractivity contribution in [2.24, 2.45) is 11.3 Å². The van der Waals surface area contributed by atoms with Crippen LogP contribution in [0.25, 0.3) is 0 Å². The molecule has 1 heterocycles. The van der Waals surface area contributed by atoms with Crippen LogP contribution in [0.1, 0.15) is 48.5 Å². The number of thioether (sulfide) groups is 1. The number of carbonyl (C=O) groups is 3. The molecule has 3 atom stereocenters. The van der Waals surface area contributed by atoms with Gasteiger partial charge in [0.2, 0.25) is 5.91 Å². The van der Waals surface area contributed by atoms with Crippen LogP contribution in [-0.4, -0.2) is 43.8 Å². The molecule has 3 unspecified atom stereocenters. The third kappa shape index (κ3) is 3.78. The Kier molecular flexibility index (Phi) is 4.83. The Balaban J connectivity index is 3.10. The Morgan fingerprint density at radius 2 is 1.67 bits per heavy atom. The monoisotopic (exact) mass is 315 g/mol. The molecule has 1 fully saturated rings. The summed E-state index contributed by atoms with van der Waals surface area (Å²) in [5, 5.41) is 9.17. The van der Waals surface area contributed by atoms with Gasteiger partial charge in [0, 0.05) is 10.2 Å². The average molecular weight is 315 g/mol. The molecule has 0 aliphatic carbocycles. The molecule has 5 nitrogen and oxygen atoms in total. The van der Waals surface area contributed by atoms with Crippen LogP contribution in [0, 0.1) is 11.3 Å². The summed E-state index contributed by atoms with van der Waals surface area (Å²) in [6.07, 6.45) is 0. The SMILES string of the molecule is CC1C(=O)N(C(C(=O)O)C(=O)C(C)(C)C)C1SC(C)(C)C. The number of hydrogen-bond acceptors (Lipinski definition) is 4.